The number of fused-ring (bicyclic) bond motifs is 1. The first-order valence-corrected chi connectivity index (χ1v) is 16.6. The van der Waals surface area contributed by atoms with Crippen LogP contribution in [0, 0.1) is 18.8 Å². The Kier molecular flexibility index (Phi) is 8.08. The van der Waals surface area contributed by atoms with Crippen LogP contribution in [0.1, 0.15) is 69.3 Å². The Morgan fingerprint density at radius 3 is 2.64 bits per heavy atom. The Hall–Kier alpha value is -2.92. The fraction of sp³-hybridized carbons (Fsp3) is 0.484. The molecule has 9 nitrogen and oxygen atoms in total. The molecule has 11 heteroatoms. The molecule has 3 aliphatic rings. The molecule has 224 valence electrons. The lowest BCUT2D eigenvalue weighted by atomic mass is 9.97. The van der Waals surface area contributed by atoms with Gasteiger partial charge < -0.3 is 9.26 Å². The fourth-order valence-electron chi connectivity index (χ4n) is 6.12. The van der Waals surface area contributed by atoms with Gasteiger partial charge in [-0.2, -0.15) is 0 Å². The number of aromatic nitrogens is 1. The number of nitrogens with zero attached hydrogens (tertiary/aromatic N) is 3. The second kappa shape index (κ2) is 11.6. The quantitative estimate of drug-likeness (QED) is 0.232. The minimum atomic E-state index is -4.04. The van der Waals surface area contributed by atoms with Crippen molar-refractivity contribution in [3.8, 4) is 11.1 Å². The highest BCUT2D eigenvalue weighted by molar-refractivity contribution is 7.92. The normalized spacial score (nSPS) is 23.0. The number of halogens is 1. The molecule has 42 heavy (non-hydrogen) atoms. The molecular formula is C31H37ClN4O5S. The summed E-state index contributed by atoms with van der Waals surface area (Å²) in [5.74, 6) is 2.83. The van der Waals surface area contributed by atoms with Crippen LogP contribution in [0.15, 0.2) is 56.9 Å². The number of sulfonamides is 1. The van der Waals surface area contributed by atoms with E-state index < -0.39 is 15.7 Å². The largest absolute Gasteiger partial charge is 0.377 e. The summed E-state index contributed by atoms with van der Waals surface area (Å²) in [6.45, 7) is 7.17. The van der Waals surface area contributed by atoms with E-state index in [4.69, 9.17) is 30.7 Å². The Bertz CT molecular complexity index is 1590. The van der Waals surface area contributed by atoms with E-state index in [0.717, 1.165) is 66.5 Å². The first kappa shape index (κ1) is 29.2. The van der Waals surface area contributed by atoms with Crippen molar-refractivity contribution in [1.82, 2.24) is 10.2 Å². The van der Waals surface area contributed by atoms with Crippen molar-refractivity contribution >= 4 is 33.3 Å². The maximum atomic E-state index is 13.5. The van der Waals surface area contributed by atoms with Gasteiger partial charge in [0.2, 0.25) is 5.82 Å². The summed E-state index contributed by atoms with van der Waals surface area (Å²) in [6, 6.07) is 12.9. The van der Waals surface area contributed by atoms with Gasteiger partial charge in [-0.05, 0) is 61.3 Å². The number of anilines is 1. The average Bonchev–Trinajstić information content (AvgIpc) is 3.30. The summed E-state index contributed by atoms with van der Waals surface area (Å²) >= 11 is 6.19. The number of hydroxylamine groups is 2. The van der Waals surface area contributed by atoms with E-state index in [2.05, 4.69) is 22.9 Å². The van der Waals surface area contributed by atoms with E-state index in [1.54, 1.807) is 25.1 Å². The minimum Gasteiger partial charge on any atom is -0.377 e. The topological polar surface area (TPSA) is 106 Å². The summed E-state index contributed by atoms with van der Waals surface area (Å²) in [5, 5.41) is 5.88. The molecule has 0 amide bonds. The monoisotopic (exact) mass is 612 g/mol. The number of unbranched alkanes of at least 4 members (excludes halogenated alkanes) is 1. The van der Waals surface area contributed by atoms with Gasteiger partial charge >= 0.3 is 0 Å². The number of rotatable bonds is 12. The number of aryl methyl sites for hydroxylation is 1. The second-order valence-corrected chi connectivity index (χ2v) is 13.5. The van der Waals surface area contributed by atoms with E-state index >= 15 is 0 Å². The van der Waals surface area contributed by atoms with Crippen molar-refractivity contribution in [2.24, 2.45) is 16.8 Å². The average molecular weight is 613 g/mol. The molecule has 0 bridgehead atoms. The van der Waals surface area contributed by atoms with Crippen LogP contribution in [0.3, 0.4) is 0 Å². The molecule has 0 saturated heterocycles. The van der Waals surface area contributed by atoms with E-state index in [9.17, 15) is 8.42 Å². The Morgan fingerprint density at radius 2 is 1.93 bits per heavy atom. The SMILES string of the molecule is CCCCC1=NC2(CC3CC3C2)ON1Cc1ccc(-c2ccccc2S(=O)(=O)Nc2noc(C)c2Cl)c(COCC)c1. The molecule has 2 heterocycles. The van der Waals surface area contributed by atoms with Crippen LogP contribution in [0.5, 0.6) is 0 Å². The molecule has 2 unspecified atom stereocenters. The molecule has 2 atom stereocenters. The summed E-state index contributed by atoms with van der Waals surface area (Å²) < 4.78 is 40.4. The third kappa shape index (κ3) is 5.82. The van der Waals surface area contributed by atoms with Crippen LogP contribution in [0.2, 0.25) is 5.02 Å². The maximum absolute atomic E-state index is 13.5. The van der Waals surface area contributed by atoms with E-state index in [1.165, 1.54) is 6.42 Å². The first-order chi connectivity index (χ1) is 20.2. The number of aliphatic imine (C=N–C) groups is 1. The van der Waals surface area contributed by atoms with Crippen LogP contribution in [-0.4, -0.2) is 36.8 Å². The molecule has 1 N–H and O–H groups in total. The lowest BCUT2D eigenvalue weighted by molar-refractivity contribution is -0.186. The van der Waals surface area contributed by atoms with Crippen molar-refractivity contribution in [2.75, 3.05) is 11.3 Å². The summed E-state index contributed by atoms with van der Waals surface area (Å²) in [6.07, 6.45) is 6.38. The smallest absolute Gasteiger partial charge is 0.263 e. The van der Waals surface area contributed by atoms with Crippen LogP contribution in [0.25, 0.3) is 11.1 Å². The molecule has 2 aliphatic carbocycles. The molecule has 2 aromatic carbocycles. The van der Waals surface area contributed by atoms with Gasteiger partial charge in [-0.1, -0.05) is 66.5 Å². The minimum absolute atomic E-state index is 0.0441. The Morgan fingerprint density at radius 1 is 1.14 bits per heavy atom. The van der Waals surface area contributed by atoms with E-state index in [-0.39, 0.29) is 15.7 Å². The molecule has 1 aliphatic heterocycles. The number of ether oxygens (including phenoxy) is 1. The van der Waals surface area contributed by atoms with Gasteiger partial charge in [-0.15, -0.1) is 0 Å². The number of benzene rings is 2. The standard InChI is InChI=1S/C31H37ClN4O5S/c1-4-6-11-28-33-31(16-22-15-23(22)17-31)41-36(28)18-21-12-13-25(24(14-21)19-39-5-2)26-9-7-8-10-27(26)42(37,38)35-30-29(32)20(3)40-34-30/h7-10,12-14,22-23H,4-6,11,15-19H2,1-3H3,(H,34,35). The van der Waals surface area contributed by atoms with E-state index in [0.29, 0.717) is 31.1 Å². The van der Waals surface area contributed by atoms with Gasteiger partial charge in [-0.25, -0.2) is 23.3 Å². The predicted molar refractivity (Wildman–Crippen MR) is 161 cm³/mol. The zero-order valence-electron chi connectivity index (χ0n) is 24.2. The molecular weight excluding hydrogens is 576 g/mol. The third-order valence-electron chi connectivity index (χ3n) is 8.33. The van der Waals surface area contributed by atoms with E-state index in [1.807, 2.05) is 30.2 Å². The van der Waals surface area contributed by atoms with Gasteiger partial charge in [0.25, 0.3) is 10.0 Å². The molecule has 1 aromatic heterocycles. The third-order valence-corrected chi connectivity index (χ3v) is 10.2. The van der Waals surface area contributed by atoms with Crippen molar-refractivity contribution in [2.45, 2.75) is 83.1 Å². The zero-order chi connectivity index (χ0) is 29.5. The highest BCUT2D eigenvalue weighted by Crippen LogP contribution is 2.59. The second-order valence-electron chi connectivity index (χ2n) is 11.5. The molecule has 6 rings (SSSR count). The first-order valence-electron chi connectivity index (χ1n) is 14.7. The van der Waals surface area contributed by atoms with Gasteiger partial charge in [0.15, 0.2) is 11.5 Å². The molecule has 2 fully saturated rings. The predicted octanol–water partition coefficient (Wildman–Crippen LogP) is 7.10. The number of amidine groups is 1. The lowest BCUT2D eigenvalue weighted by Gasteiger charge is -2.26. The molecule has 0 radical (unpaired) electrons. The fourth-order valence-corrected chi connectivity index (χ4v) is 7.52. The Labute approximate surface area is 252 Å². The van der Waals surface area contributed by atoms with Crippen molar-refractivity contribution < 1.29 is 22.5 Å². The van der Waals surface area contributed by atoms with Crippen molar-refractivity contribution in [1.29, 1.82) is 0 Å². The lowest BCUT2D eigenvalue weighted by Crippen LogP contribution is -2.32. The van der Waals surface area contributed by atoms with Gasteiger partial charge in [-0.3, -0.25) is 4.72 Å². The number of hydrogen-bond acceptors (Lipinski definition) is 8. The number of hydrogen-bond donors (Lipinski definition) is 1. The van der Waals surface area contributed by atoms with Crippen molar-refractivity contribution in [3.05, 3.63) is 64.4 Å². The van der Waals surface area contributed by atoms with Gasteiger partial charge in [0.05, 0.1) is 18.0 Å². The summed E-state index contributed by atoms with van der Waals surface area (Å²) in [7, 11) is -4.04. The summed E-state index contributed by atoms with van der Waals surface area (Å²) in [4.78, 5) is 11.8. The molecule has 2 saturated carbocycles. The highest BCUT2D eigenvalue weighted by Gasteiger charge is 2.58. The van der Waals surface area contributed by atoms with Crippen LogP contribution in [0.4, 0.5) is 5.82 Å². The molecule has 1 spiro atoms. The maximum Gasteiger partial charge on any atom is 0.263 e. The zero-order valence-corrected chi connectivity index (χ0v) is 25.8. The van der Waals surface area contributed by atoms with Crippen LogP contribution >= 0.6 is 11.6 Å². The highest BCUT2D eigenvalue weighted by atomic mass is 35.5. The van der Waals surface area contributed by atoms with Crippen LogP contribution in [-0.2, 0) is 32.7 Å². The van der Waals surface area contributed by atoms with Crippen LogP contribution < -0.4 is 4.72 Å². The number of nitrogens with one attached hydrogen (secondary N) is 1. The van der Waals surface area contributed by atoms with Gasteiger partial charge in [0, 0.05) is 31.4 Å². The van der Waals surface area contributed by atoms with Crippen molar-refractivity contribution in [3.63, 3.8) is 0 Å². The van der Waals surface area contributed by atoms with Gasteiger partial charge in [0.1, 0.15) is 10.9 Å². The Balaban J connectivity index is 1.30. The molecule has 3 aromatic rings. The summed E-state index contributed by atoms with van der Waals surface area (Å²) in [5.41, 5.74) is 2.85.